The molecule has 0 aliphatic heterocycles. The first-order valence-corrected chi connectivity index (χ1v) is 9.42. The first kappa shape index (κ1) is 19.4. The number of anilines is 2. The number of carbonyl (C=O) groups is 2. The maximum absolute atomic E-state index is 12.4. The van der Waals surface area contributed by atoms with Crippen molar-refractivity contribution in [3.05, 3.63) is 72.3 Å². The predicted octanol–water partition coefficient (Wildman–Crippen LogP) is 4.26. The molecule has 2 N–H and O–H groups in total. The molecule has 0 radical (unpaired) electrons. The lowest BCUT2D eigenvalue weighted by Gasteiger charge is -2.19. The van der Waals surface area contributed by atoms with Crippen LogP contribution in [0.2, 0.25) is 0 Å². The molecule has 0 aromatic heterocycles. The van der Waals surface area contributed by atoms with E-state index in [1.54, 1.807) is 11.8 Å². The van der Waals surface area contributed by atoms with Crippen LogP contribution in [0.1, 0.15) is 19.4 Å². The van der Waals surface area contributed by atoms with Gasteiger partial charge in [-0.15, -0.1) is 0 Å². The molecule has 0 fully saturated rings. The second kappa shape index (κ2) is 9.04. The summed E-state index contributed by atoms with van der Waals surface area (Å²) in [6, 6.07) is 21.6. The Bertz CT molecular complexity index is 979. The summed E-state index contributed by atoms with van der Waals surface area (Å²) in [6.07, 6.45) is 0. The number of hydrogen-bond donors (Lipinski definition) is 2. The minimum Gasteiger partial charge on any atom is -0.376 e. The zero-order valence-corrected chi connectivity index (χ0v) is 16.2. The van der Waals surface area contributed by atoms with Gasteiger partial charge in [0.2, 0.25) is 11.8 Å². The summed E-state index contributed by atoms with van der Waals surface area (Å²) < 4.78 is 0. The standard InChI is InChI=1S/C23H25N3O2/c1-3-26(17(2)27)16-18-8-6-11-20(14-18)24-15-23(28)25-22-13-7-10-19-9-4-5-12-21(19)22/h4-14,24H,3,15-16H2,1-2H3,(H,25,28). The van der Waals surface area contributed by atoms with Crippen LogP contribution in [0.15, 0.2) is 66.7 Å². The summed E-state index contributed by atoms with van der Waals surface area (Å²) >= 11 is 0. The van der Waals surface area contributed by atoms with Crippen molar-refractivity contribution in [3.63, 3.8) is 0 Å². The minimum atomic E-state index is -0.110. The van der Waals surface area contributed by atoms with Gasteiger partial charge in [0.25, 0.3) is 0 Å². The van der Waals surface area contributed by atoms with Gasteiger partial charge >= 0.3 is 0 Å². The fourth-order valence-electron chi connectivity index (χ4n) is 3.16. The Labute approximate surface area is 165 Å². The van der Waals surface area contributed by atoms with E-state index in [2.05, 4.69) is 10.6 Å². The zero-order valence-electron chi connectivity index (χ0n) is 16.2. The van der Waals surface area contributed by atoms with Crippen LogP contribution in [0.4, 0.5) is 11.4 Å². The van der Waals surface area contributed by atoms with Crippen molar-refractivity contribution in [1.82, 2.24) is 4.90 Å². The van der Waals surface area contributed by atoms with E-state index in [1.807, 2.05) is 73.7 Å². The van der Waals surface area contributed by atoms with E-state index in [1.165, 1.54) is 0 Å². The minimum absolute atomic E-state index is 0.0512. The smallest absolute Gasteiger partial charge is 0.243 e. The van der Waals surface area contributed by atoms with Crippen LogP contribution in [0.3, 0.4) is 0 Å². The van der Waals surface area contributed by atoms with Gasteiger partial charge in [-0.2, -0.15) is 0 Å². The maximum atomic E-state index is 12.4. The number of nitrogens with zero attached hydrogens (tertiary/aromatic N) is 1. The van der Waals surface area contributed by atoms with Gasteiger partial charge in [0.05, 0.1) is 6.54 Å². The molecule has 0 bridgehead atoms. The number of benzene rings is 3. The number of hydrogen-bond acceptors (Lipinski definition) is 3. The lowest BCUT2D eigenvalue weighted by molar-refractivity contribution is -0.129. The molecule has 0 saturated heterocycles. The quantitative estimate of drug-likeness (QED) is 0.649. The van der Waals surface area contributed by atoms with Crippen molar-refractivity contribution in [1.29, 1.82) is 0 Å². The molecule has 3 aromatic rings. The second-order valence-corrected chi connectivity index (χ2v) is 6.66. The molecule has 3 aromatic carbocycles. The molecular weight excluding hydrogens is 350 g/mol. The number of rotatable bonds is 7. The normalized spacial score (nSPS) is 10.5. The highest BCUT2D eigenvalue weighted by molar-refractivity contribution is 6.03. The topological polar surface area (TPSA) is 61.4 Å². The molecule has 2 amide bonds. The average molecular weight is 375 g/mol. The van der Waals surface area contributed by atoms with E-state index in [-0.39, 0.29) is 18.4 Å². The zero-order chi connectivity index (χ0) is 19.9. The Morgan fingerprint density at radius 1 is 0.964 bits per heavy atom. The number of fused-ring (bicyclic) bond motifs is 1. The highest BCUT2D eigenvalue weighted by Gasteiger charge is 2.08. The van der Waals surface area contributed by atoms with Gasteiger partial charge in [-0.3, -0.25) is 9.59 Å². The van der Waals surface area contributed by atoms with Crippen LogP contribution in [0, 0.1) is 0 Å². The number of nitrogens with one attached hydrogen (secondary N) is 2. The van der Waals surface area contributed by atoms with E-state index in [0.717, 1.165) is 27.7 Å². The van der Waals surface area contributed by atoms with Gasteiger partial charge in [-0.05, 0) is 36.1 Å². The Morgan fingerprint density at radius 3 is 2.50 bits per heavy atom. The first-order valence-electron chi connectivity index (χ1n) is 9.42. The molecule has 0 saturated carbocycles. The number of carbonyl (C=O) groups excluding carboxylic acids is 2. The summed E-state index contributed by atoms with van der Waals surface area (Å²) in [5.74, 6) is -0.0593. The van der Waals surface area contributed by atoms with Crippen molar-refractivity contribution in [2.24, 2.45) is 0 Å². The Morgan fingerprint density at radius 2 is 1.71 bits per heavy atom. The van der Waals surface area contributed by atoms with E-state index in [0.29, 0.717) is 13.1 Å². The van der Waals surface area contributed by atoms with Crippen molar-refractivity contribution in [2.75, 3.05) is 23.7 Å². The predicted molar refractivity (Wildman–Crippen MR) is 114 cm³/mol. The van der Waals surface area contributed by atoms with Gasteiger partial charge in [-0.25, -0.2) is 0 Å². The molecule has 0 spiro atoms. The second-order valence-electron chi connectivity index (χ2n) is 6.66. The molecule has 5 nitrogen and oxygen atoms in total. The van der Waals surface area contributed by atoms with E-state index >= 15 is 0 Å². The fraction of sp³-hybridized carbons (Fsp3) is 0.217. The highest BCUT2D eigenvalue weighted by Crippen LogP contribution is 2.22. The lowest BCUT2D eigenvalue weighted by Crippen LogP contribution is -2.27. The molecular formula is C23H25N3O2. The van der Waals surface area contributed by atoms with Gasteiger partial charge in [0, 0.05) is 36.8 Å². The average Bonchev–Trinajstić information content (AvgIpc) is 2.71. The molecule has 28 heavy (non-hydrogen) atoms. The molecule has 0 unspecified atom stereocenters. The largest absolute Gasteiger partial charge is 0.376 e. The van der Waals surface area contributed by atoms with Crippen LogP contribution in [-0.4, -0.2) is 29.8 Å². The molecule has 3 rings (SSSR count). The van der Waals surface area contributed by atoms with Crippen molar-refractivity contribution in [3.8, 4) is 0 Å². The Kier molecular flexibility index (Phi) is 6.27. The Hall–Kier alpha value is -3.34. The van der Waals surface area contributed by atoms with Gasteiger partial charge in [0.15, 0.2) is 0 Å². The van der Waals surface area contributed by atoms with Crippen molar-refractivity contribution < 1.29 is 9.59 Å². The summed E-state index contributed by atoms with van der Waals surface area (Å²) in [4.78, 5) is 25.8. The Balaban J connectivity index is 1.61. The molecule has 144 valence electrons. The summed E-state index contributed by atoms with van der Waals surface area (Å²) in [6.45, 7) is 4.92. The maximum Gasteiger partial charge on any atom is 0.243 e. The van der Waals surface area contributed by atoms with Gasteiger partial charge < -0.3 is 15.5 Å². The summed E-state index contributed by atoms with van der Waals surface area (Å²) in [5, 5.41) is 8.24. The van der Waals surface area contributed by atoms with Gasteiger partial charge in [0.1, 0.15) is 0 Å². The van der Waals surface area contributed by atoms with Crippen LogP contribution < -0.4 is 10.6 Å². The van der Waals surface area contributed by atoms with Crippen LogP contribution in [0.5, 0.6) is 0 Å². The number of amides is 2. The highest BCUT2D eigenvalue weighted by atomic mass is 16.2. The lowest BCUT2D eigenvalue weighted by atomic mass is 10.1. The van der Waals surface area contributed by atoms with Gasteiger partial charge in [-0.1, -0.05) is 48.5 Å². The summed E-state index contributed by atoms with van der Waals surface area (Å²) in [5.41, 5.74) is 2.68. The van der Waals surface area contributed by atoms with Crippen LogP contribution >= 0.6 is 0 Å². The van der Waals surface area contributed by atoms with Crippen molar-refractivity contribution in [2.45, 2.75) is 20.4 Å². The molecule has 5 heteroatoms. The third-order valence-electron chi connectivity index (χ3n) is 4.64. The monoisotopic (exact) mass is 375 g/mol. The third kappa shape index (κ3) is 4.88. The molecule has 0 aliphatic rings. The SMILES string of the molecule is CCN(Cc1cccc(NCC(=O)Nc2cccc3ccccc23)c1)C(C)=O. The van der Waals surface area contributed by atoms with Crippen LogP contribution in [-0.2, 0) is 16.1 Å². The van der Waals surface area contributed by atoms with E-state index in [4.69, 9.17) is 0 Å². The molecule has 0 heterocycles. The van der Waals surface area contributed by atoms with E-state index < -0.39 is 0 Å². The third-order valence-corrected chi connectivity index (χ3v) is 4.64. The fourth-order valence-corrected chi connectivity index (χ4v) is 3.16. The van der Waals surface area contributed by atoms with E-state index in [9.17, 15) is 9.59 Å². The summed E-state index contributed by atoms with van der Waals surface area (Å²) in [7, 11) is 0. The molecule has 0 aliphatic carbocycles. The first-order chi connectivity index (χ1) is 13.6. The molecule has 0 atom stereocenters. The van der Waals surface area contributed by atoms with Crippen LogP contribution in [0.25, 0.3) is 10.8 Å². The van der Waals surface area contributed by atoms with Crippen molar-refractivity contribution >= 4 is 34.0 Å².